The molecule has 0 aliphatic carbocycles. The van der Waals surface area contributed by atoms with E-state index in [9.17, 15) is 4.79 Å². The fourth-order valence-corrected chi connectivity index (χ4v) is 2.79. The Morgan fingerprint density at radius 2 is 1.66 bits per heavy atom. The Morgan fingerprint density at radius 3 is 2.45 bits per heavy atom. The molecule has 0 fully saturated rings. The van der Waals surface area contributed by atoms with Crippen LogP contribution >= 0.6 is 0 Å². The molecule has 0 unspecified atom stereocenters. The van der Waals surface area contributed by atoms with Crippen LogP contribution in [0.3, 0.4) is 0 Å². The lowest BCUT2D eigenvalue weighted by molar-refractivity contribution is 0.102. The number of rotatable bonds is 5. The maximum absolute atomic E-state index is 12.8. The third-order valence-electron chi connectivity index (χ3n) is 4.50. The van der Waals surface area contributed by atoms with Gasteiger partial charge in [-0.15, -0.1) is 5.10 Å². The van der Waals surface area contributed by atoms with Crippen LogP contribution in [0.5, 0.6) is 11.5 Å². The number of hydrogen-bond acceptors (Lipinski definition) is 5. The van der Waals surface area contributed by atoms with Crippen LogP contribution < -0.4 is 10.1 Å². The highest BCUT2D eigenvalue weighted by molar-refractivity contribution is 6.05. The van der Waals surface area contributed by atoms with E-state index in [4.69, 9.17) is 9.15 Å². The first kappa shape index (κ1) is 18.4. The molecular formula is C23H19N3O3. The Hall–Kier alpha value is -3.93. The van der Waals surface area contributed by atoms with E-state index in [1.54, 1.807) is 24.3 Å². The summed E-state index contributed by atoms with van der Waals surface area (Å²) in [4.78, 5) is 12.8. The van der Waals surface area contributed by atoms with E-state index in [0.29, 0.717) is 23.0 Å². The second-order valence-electron chi connectivity index (χ2n) is 6.58. The van der Waals surface area contributed by atoms with E-state index >= 15 is 0 Å². The number of carbonyl (C=O) groups excluding carboxylic acids is 1. The van der Waals surface area contributed by atoms with Gasteiger partial charge in [0, 0.05) is 5.56 Å². The molecule has 0 bridgehead atoms. The van der Waals surface area contributed by atoms with Crippen molar-refractivity contribution in [3.8, 4) is 23.0 Å². The van der Waals surface area contributed by atoms with Gasteiger partial charge in [-0.3, -0.25) is 10.1 Å². The van der Waals surface area contributed by atoms with Crippen molar-refractivity contribution in [1.82, 2.24) is 10.2 Å². The number of benzene rings is 3. The SMILES string of the molecule is Cc1ccc(-c2nnc(NC(=O)c3ccccc3Oc3ccccc3)o2)cc1C. The molecule has 1 amide bonds. The Bertz CT molecular complexity index is 1150. The first-order valence-corrected chi connectivity index (χ1v) is 9.14. The number of hydrogen-bond donors (Lipinski definition) is 1. The predicted molar refractivity (Wildman–Crippen MR) is 110 cm³/mol. The molecule has 29 heavy (non-hydrogen) atoms. The molecule has 0 aliphatic heterocycles. The molecule has 0 aliphatic rings. The van der Waals surface area contributed by atoms with Gasteiger partial charge in [-0.25, -0.2) is 0 Å². The third-order valence-corrected chi connectivity index (χ3v) is 4.50. The first-order chi connectivity index (χ1) is 14.1. The molecule has 144 valence electrons. The normalized spacial score (nSPS) is 10.6. The minimum atomic E-state index is -0.396. The molecule has 1 aromatic heterocycles. The number of amides is 1. The second-order valence-corrected chi connectivity index (χ2v) is 6.58. The zero-order chi connectivity index (χ0) is 20.2. The summed E-state index contributed by atoms with van der Waals surface area (Å²) in [5.74, 6) is 1.02. The molecule has 4 rings (SSSR count). The van der Waals surface area contributed by atoms with Crippen molar-refractivity contribution in [2.24, 2.45) is 0 Å². The third kappa shape index (κ3) is 4.16. The van der Waals surface area contributed by atoms with E-state index in [0.717, 1.165) is 11.1 Å². The summed E-state index contributed by atoms with van der Waals surface area (Å²) in [6.45, 7) is 4.05. The molecule has 0 saturated heterocycles. The van der Waals surface area contributed by atoms with E-state index in [1.165, 1.54) is 5.56 Å². The summed E-state index contributed by atoms with van der Waals surface area (Å²) in [5, 5.41) is 10.6. The predicted octanol–water partition coefficient (Wildman–Crippen LogP) is 5.40. The molecule has 4 aromatic rings. The van der Waals surface area contributed by atoms with Crippen LogP contribution in [0.1, 0.15) is 21.5 Å². The average molecular weight is 385 g/mol. The number of ether oxygens (including phenoxy) is 1. The van der Waals surface area contributed by atoms with E-state index in [-0.39, 0.29) is 6.01 Å². The standard InChI is InChI=1S/C23H19N3O3/c1-15-12-13-17(14-16(15)2)22-25-26-23(29-22)24-21(27)19-10-6-7-11-20(19)28-18-8-4-3-5-9-18/h3-14H,1-2H3,(H,24,26,27). The summed E-state index contributed by atoms with van der Waals surface area (Å²) in [6.07, 6.45) is 0. The number of nitrogens with zero attached hydrogens (tertiary/aromatic N) is 2. The van der Waals surface area contributed by atoms with E-state index in [1.807, 2.05) is 62.4 Å². The van der Waals surface area contributed by atoms with Crippen molar-refractivity contribution in [3.63, 3.8) is 0 Å². The van der Waals surface area contributed by atoms with Gasteiger partial charge in [0.2, 0.25) is 5.89 Å². The van der Waals surface area contributed by atoms with Crippen LogP contribution in [-0.4, -0.2) is 16.1 Å². The van der Waals surface area contributed by atoms with Crippen LogP contribution in [0.25, 0.3) is 11.5 Å². The summed E-state index contributed by atoms with van der Waals surface area (Å²) in [7, 11) is 0. The minimum Gasteiger partial charge on any atom is -0.457 e. The van der Waals surface area contributed by atoms with Crippen molar-refractivity contribution < 1.29 is 13.9 Å². The number of aryl methyl sites for hydroxylation is 2. The quantitative estimate of drug-likeness (QED) is 0.498. The molecule has 0 saturated carbocycles. The fraction of sp³-hybridized carbons (Fsp3) is 0.0870. The number of nitrogens with one attached hydrogen (secondary N) is 1. The number of anilines is 1. The lowest BCUT2D eigenvalue weighted by atomic mass is 10.1. The van der Waals surface area contributed by atoms with Gasteiger partial charge < -0.3 is 9.15 Å². The van der Waals surface area contributed by atoms with Gasteiger partial charge in [0.25, 0.3) is 5.91 Å². The summed E-state index contributed by atoms with van der Waals surface area (Å²) >= 11 is 0. The molecule has 1 N–H and O–H groups in total. The highest BCUT2D eigenvalue weighted by Crippen LogP contribution is 2.27. The maximum Gasteiger partial charge on any atom is 0.322 e. The molecule has 6 heteroatoms. The van der Waals surface area contributed by atoms with Gasteiger partial charge in [0.15, 0.2) is 0 Å². The van der Waals surface area contributed by atoms with Gasteiger partial charge in [-0.1, -0.05) is 41.5 Å². The van der Waals surface area contributed by atoms with Crippen LogP contribution in [0.2, 0.25) is 0 Å². The molecule has 0 spiro atoms. The minimum absolute atomic E-state index is 0.0257. The maximum atomic E-state index is 12.8. The monoisotopic (exact) mass is 385 g/mol. The van der Waals surface area contributed by atoms with Crippen molar-refractivity contribution >= 4 is 11.9 Å². The summed E-state index contributed by atoms with van der Waals surface area (Å²) in [6, 6.07) is 22.1. The molecular weight excluding hydrogens is 366 g/mol. The largest absolute Gasteiger partial charge is 0.457 e. The number of aromatic nitrogens is 2. The highest BCUT2D eigenvalue weighted by atomic mass is 16.5. The summed E-state index contributed by atoms with van der Waals surface area (Å²) in [5.41, 5.74) is 3.46. The van der Waals surface area contributed by atoms with Gasteiger partial charge >= 0.3 is 6.01 Å². The Balaban J connectivity index is 1.53. The summed E-state index contributed by atoms with van der Waals surface area (Å²) < 4.78 is 11.5. The van der Waals surface area contributed by atoms with Crippen LogP contribution in [-0.2, 0) is 0 Å². The lowest BCUT2D eigenvalue weighted by Gasteiger charge is -2.10. The van der Waals surface area contributed by atoms with Crippen LogP contribution in [0.4, 0.5) is 6.01 Å². The zero-order valence-electron chi connectivity index (χ0n) is 16.0. The first-order valence-electron chi connectivity index (χ1n) is 9.14. The number of para-hydroxylation sites is 2. The van der Waals surface area contributed by atoms with Crippen molar-refractivity contribution in [2.45, 2.75) is 13.8 Å². The van der Waals surface area contributed by atoms with E-state index < -0.39 is 5.91 Å². The lowest BCUT2D eigenvalue weighted by Crippen LogP contribution is -2.13. The van der Waals surface area contributed by atoms with Gasteiger partial charge in [-0.05, 0) is 61.4 Å². The van der Waals surface area contributed by atoms with Crippen LogP contribution in [0, 0.1) is 13.8 Å². The second kappa shape index (κ2) is 7.98. The molecule has 1 heterocycles. The Labute approximate surface area is 168 Å². The van der Waals surface area contributed by atoms with Gasteiger partial charge in [0.05, 0.1) is 5.56 Å². The van der Waals surface area contributed by atoms with Gasteiger partial charge in [-0.2, -0.15) is 0 Å². The van der Waals surface area contributed by atoms with Gasteiger partial charge in [0.1, 0.15) is 11.5 Å². The Morgan fingerprint density at radius 1 is 0.897 bits per heavy atom. The smallest absolute Gasteiger partial charge is 0.322 e. The average Bonchev–Trinajstić information content (AvgIpc) is 3.19. The van der Waals surface area contributed by atoms with Crippen molar-refractivity contribution in [2.75, 3.05) is 5.32 Å². The van der Waals surface area contributed by atoms with Crippen molar-refractivity contribution in [1.29, 1.82) is 0 Å². The zero-order valence-corrected chi connectivity index (χ0v) is 16.0. The Kier molecular flexibility index (Phi) is 5.07. The van der Waals surface area contributed by atoms with Crippen LogP contribution in [0.15, 0.2) is 77.2 Å². The molecule has 6 nitrogen and oxygen atoms in total. The number of carbonyl (C=O) groups is 1. The van der Waals surface area contributed by atoms with E-state index in [2.05, 4.69) is 15.5 Å². The topological polar surface area (TPSA) is 77.2 Å². The molecule has 0 radical (unpaired) electrons. The molecule has 0 atom stereocenters. The molecule has 3 aromatic carbocycles. The van der Waals surface area contributed by atoms with Crippen molar-refractivity contribution in [3.05, 3.63) is 89.5 Å². The fourth-order valence-electron chi connectivity index (χ4n) is 2.79. The highest BCUT2D eigenvalue weighted by Gasteiger charge is 2.17.